The van der Waals surface area contributed by atoms with Gasteiger partial charge < -0.3 is 18.9 Å². The van der Waals surface area contributed by atoms with Gasteiger partial charge in [-0.3, -0.25) is 19.2 Å². The van der Waals surface area contributed by atoms with Crippen LogP contribution in [0.5, 0.6) is 0 Å². The van der Waals surface area contributed by atoms with Crippen LogP contribution in [0, 0.1) is 0 Å². The van der Waals surface area contributed by atoms with Crippen molar-refractivity contribution in [3.8, 4) is 0 Å². The maximum Gasteiger partial charge on any atom is 0.319 e. The number of rotatable bonds is 10. The maximum atomic E-state index is 11.0. The standard InChI is InChI=1S/2C8H14O4S/c2*1-3-11-7(9)5-6(13)8(10)12-4-2/h2*6,13H,3-5H2,1-2H3. The highest BCUT2D eigenvalue weighted by Gasteiger charge is 2.20. The molecule has 0 fully saturated rings. The first-order chi connectivity index (χ1) is 12.2. The Labute approximate surface area is 165 Å². The molecule has 0 amide bonds. The molecule has 10 heteroatoms. The van der Waals surface area contributed by atoms with Crippen LogP contribution >= 0.6 is 25.3 Å². The average molecular weight is 413 g/mol. The number of esters is 4. The topological polar surface area (TPSA) is 105 Å². The normalized spacial score (nSPS) is 11.9. The Kier molecular flexibility index (Phi) is 17.5. The Balaban J connectivity index is 0. The molecule has 26 heavy (non-hydrogen) atoms. The summed E-state index contributed by atoms with van der Waals surface area (Å²) in [4.78, 5) is 43.7. The minimum absolute atomic E-state index is 0.0458. The van der Waals surface area contributed by atoms with E-state index in [1.807, 2.05) is 0 Å². The summed E-state index contributed by atoms with van der Waals surface area (Å²) >= 11 is 7.83. The Morgan fingerprint density at radius 2 is 0.885 bits per heavy atom. The van der Waals surface area contributed by atoms with Gasteiger partial charge in [0.2, 0.25) is 0 Å². The molecule has 0 aliphatic rings. The second-order valence-corrected chi connectivity index (χ2v) is 5.80. The van der Waals surface area contributed by atoms with Crippen molar-refractivity contribution in [3.63, 3.8) is 0 Å². The lowest BCUT2D eigenvalue weighted by Crippen LogP contribution is -2.22. The van der Waals surface area contributed by atoms with Crippen molar-refractivity contribution in [2.75, 3.05) is 26.4 Å². The second-order valence-electron chi connectivity index (χ2n) is 4.55. The highest BCUT2D eigenvalue weighted by Crippen LogP contribution is 2.06. The number of hydrogen-bond acceptors (Lipinski definition) is 10. The zero-order valence-electron chi connectivity index (χ0n) is 15.6. The molecule has 0 rings (SSSR count). The van der Waals surface area contributed by atoms with Gasteiger partial charge in [0.1, 0.15) is 10.5 Å². The van der Waals surface area contributed by atoms with Gasteiger partial charge in [0.05, 0.1) is 39.3 Å². The van der Waals surface area contributed by atoms with E-state index < -0.39 is 34.4 Å². The van der Waals surface area contributed by atoms with Crippen molar-refractivity contribution in [2.24, 2.45) is 0 Å². The van der Waals surface area contributed by atoms with Crippen molar-refractivity contribution in [1.29, 1.82) is 0 Å². The van der Waals surface area contributed by atoms with Gasteiger partial charge in [-0.2, -0.15) is 25.3 Å². The maximum absolute atomic E-state index is 11.0. The molecule has 0 bridgehead atoms. The van der Waals surface area contributed by atoms with Crippen LogP contribution in [-0.4, -0.2) is 60.8 Å². The Morgan fingerprint density at radius 1 is 0.615 bits per heavy atom. The molecule has 152 valence electrons. The van der Waals surface area contributed by atoms with Crippen molar-refractivity contribution < 1.29 is 38.1 Å². The lowest BCUT2D eigenvalue weighted by molar-refractivity contribution is -0.149. The number of hydrogen-bond donors (Lipinski definition) is 2. The highest BCUT2D eigenvalue weighted by molar-refractivity contribution is 7.82. The van der Waals surface area contributed by atoms with Crippen LogP contribution in [0.4, 0.5) is 0 Å². The molecule has 2 unspecified atom stereocenters. The Bertz CT molecular complexity index is 402. The summed E-state index contributed by atoms with van der Waals surface area (Å²) in [7, 11) is 0. The second kappa shape index (κ2) is 17.0. The third-order valence-electron chi connectivity index (χ3n) is 2.45. The van der Waals surface area contributed by atoms with E-state index in [9.17, 15) is 19.2 Å². The summed E-state index contributed by atoms with van der Waals surface area (Å²) in [5, 5.41) is -1.45. The van der Waals surface area contributed by atoms with Crippen molar-refractivity contribution >= 4 is 49.1 Å². The van der Waals surface area contributed by atoms with E-state index in [1.54, 1.807) is 27.7 Å². The summed E-state index contributed by atoms with van der Waals surface area (Å²) in [6.45, 7) is 8.00. The molecule has 0 aliphatic carbocycles. The Morgan fingerprint density at radius 3 is 1.12 bits per heavy atom. The number of carbonyl (C=O) groups excluding carboxylic acids is 4. The fourth-order valence-corrected chi connectivity index (χ4v) is 1.85. The predicted molar refractivity (Wildman–Crippen MR) is 101 cm³/mol. The lowest BCUT2D eigenvalue weighted by Gasteiger charge is -2.08. The predicted octanol–water partition coefficient (Wildman–Crippen LogP) is 1.60. The zero-order valence-corrected chi connectivity index (χ0v) is 17.3. The van der Waals surface area contributed by atoms with Crippen LogP contribution in [0.25, 0.3) is 0 Å². The van der Waals surface area contributed by atoms with E-state index in [4.69, 9.17) is 0 Å². The van der Waals surface area contributed by atoms with Crippen LogP contribution < -0.4 is 0 Å². The van der Waals surface area contributed by atoms with Gasteiger partial charge in [0, 0.05) is 0 Å². The molecule has 0 saturated carbocycles. The Hall–Kier alpha value is -1.42. The van der Waals surface area contributed by atoms with Gasteiger partial charge in [-0.05, 0) is 27.7 Å². The highest BCUT2D eigenvalue weighted by atomic mass is 32.1. The molecule has 0 spiro atoms. The number of carbonyl (C=O) groups is 4. The molecule has 0 aromatic heterocycles. The summed E-state index contributed by atoms with van der Waals surface area (Å²) in [5.41, 5.74) is 0. The molecule has 0 aromatic rings. The quantitative estimate of drug-likeness (QED) is 0.317. The van der Waals surface area contributed by atoms with Gasteiger partial charge in [-0.25, -0.2) is 0 Å². The molecular formula is C16H28O8S2. The monoisotopic (exact) mass is 412 g/mol. The fourth-order valence-electron chi connectivity index (χ4n) is 1.40. The first-order valence-electron chi connectivity index (χ1n) is 8.23. The van der Waals surface area contributed by atoms with Gasteiger partial charge in [-0.1, -0.05) is 0 Å². The minimum Gasteiger partial charge on any atom is -0.466 e. The molecule has 0 aliphatic heterocycles. The third-order valence-corrected chi connectivity index (χ3v) is 3.23. The largest absolute Gasteiger partial charge is 0.466 e. The van der Waals surface area contributed by atoms with Crippen LogP contribution in [0.3, 0.4) is 0 Å². The smallest absolute Gasteiger partial charge is 0.319 e. The van der Waals surface area contributed by atoms with Crippen LogP contribution in [0.15, 0.2) is 0 Å². The van der Waals surface area contributed by atoms with E-state index >= 15 is 0 Å². The third kappa shape index (κ3) is 14.9. The average Bonchev–Trinajstić information content (AvgIpc) is 2.56. The van der Waals surface area contributed by atoms with Crippen molar-refractivity contribution in [1.82, 2.24) is 0 Å². The molecule has 0 saturated heterocycles. The van der Waals surface area contributed by atoms with Gasteiger partial charge in [-0.15, -0.1) is 0 Å². The molecule has 0 N–H and O–H groups in total. The van der Waals surface area contributed by atoms with Gasteiger partial charge in [0.25, 0.3) is 0 Å². The van der Waals surface area contributed by atoms with E-state index in [1.165, 1.54) is 0 Å². The molecular weight excluding hydrogens is 384 g/mol. The van der Waals surface area contributed by atoms with Crippen LogP contribution in [-0.2, 0) is 38.1 Å². The fraction of sp³-hybridized carbons (Fsp3) is 0.750. The minimum atomic E-state index is -0.723. The molecule has 0 radical (unpaired) electrons. The lowest BCUT2D eigenvalue weighted by atomic mass is 10.3. The molecule has 0 heterocycles. The first kappa shape index (κ1) is 26.8. The molecule has 8 nitrogen and oxygen atoms in total. The van der Waals surface area contributed by atoms with Crippen LogP contribution in [0.2, 0.25) is 0 Å². The van der Waals surface area contributed by atoms with Gasteiger partial charge >= 0.3 is 23.9 Å². The summed E-state index contributed by atoms with van der Waals surface area (Å²) < 4.78 is 18.6. The van der Waals surface area contributed by atoms with Gasteiger partial charge in [0.15, 0.2) is 0 Å². The summed E-state index contributed by atoms with van der Waals surface area (Å²) in [6, 6.07) is 0. The van der Waals surface area contributed by atoms with E-state index in [-0.39, 0.29) is 12.8 Å². The summed E-state index contributed by atoms with van der Waals surface area (Å²) in [6.07, 6.45) is -0.0917. The molecule has 2 atom stereocenters. The van der Waals surface area contributed by atoms with E-state index in [2.05, 4.69) is 44.2 Å². The van der Waals surface area contributed by atoms with Crippen molar-refractivity contribution in [3.05, 3.63) is 0 Å². The summed E-state index contributed by atoms with van der Waals surface area (Å²) in [5.74, 6) is -1.84. The number of thiol groups is 2. The van der Waals surface area contributed by atoms with E-state index in [0.717, 1.165) is 0 Å². The zero-order chi connectivity index (χ0) is 20.5. The van der Waals surface area contributed by atoms with Crippen LogP contribution in [0.1, 0.15) is 40.5 Å². The SMILES string of the molecule is CCOC(=O)CC(S)C(=O)OCC.CCOC(=O)CC(S)C(=O)OCC. The number of ether oxygens (including phenoxy) is 4. The molecule has 0 aromatic carbocycles. The first-order valence-corrected chi connectivity index (χ1v) is 9.27. The van der Waals surface area contributed by atoms with E-state index in [0.29, 0.717) is 26.4 Å². The van der Waals surface area contributed by atoms with Crippen molar-refractivity contribution in [2.45, 2.75) is 51.0 Å².